The molecular weight excluding hydrogens is 474 g/mol. The Morgan fingerprint density at radius 2 is 1.47 bits per heavy atom. The Labute approximate surface area is 231 Å². The standard InChI is InChI=1S/C35H52F2O/c1-3-5-6-8-27-19-21-31(22-20-27)32-23-24-33(35(37)34(32)36)38-25-30-17-15-29(16-18-30)14-13-28-11-9-26(7-4-2)10-12-28/h13-15,17,23-24,26-31H,3-12,16,18-22,25H2,1-2H3/b14-13+. The third kappa shape index (κ3) is 8.43. The first-order valence-corrected chi connectivity index (χ1v) is 16.0. The molecule has 0 N–H and O–H groups in total. The molecule has 0 heterocycles. The van der Waals surface area contributed by atoms with E-state index in [0.29, 0.717) is 18.1 Å². The van der Waals surface area contributed by atoms with E-state index in [4.69, 9.17) is 4.74 Å². The third-order valence-corrected chi connectivity index (χ3v) is 9.75. The van der Waals surface area contributed by atoms with Crippen LogP contribution in [0.2, 0.25) is 0 Å². The molecule has 0 bridgehead atoms. The second kappa shape index (κ2) is 15.2. The van der Waals surface area contributed by atoms with E-state index in [1.165, 1.54) is 64.2 Å². The number of hydrogen-bond donors (Lipinski definition) is 0. The lowest BCUT2D eigenvalue weighted by Gasteiger charge is -2.29. The van der Waals surface area contributed by atoms with E-state index < -0.39 is 11.6 Å². The molecule has 3 aliphatic carbocycles. The van der Waals surface area contributed by atoms with Gasteiger partial charge in [0.15, 0.2) is 11.6 Å². The van der Waals surface area contributed by atoms with E-state index in [1.54, 1.807) is 12.1 Å². The van der Waals surface area contributed by atoms with Crippen LogP contribution in [0, 0.1) is 41.2 Å². The Balaban J connectivity index is 1.21. The van der Waals surface area contributed by atoms with Gasteiger partial charge in [-0.05, 0) is 105 Å². The van der Waals surface area contributed by atoms with E-state index in [1.807, 2.05) is 0 Å². The largest absolute Gasteiger partial charge is 0.490 e. The molecule has 2 atom stereocenters. The van der Waals surface area contributed by atoms with Crippen molar-refractivity contribution in [3.8, 4) is 5.75 Å². The van der Waals surface area contributed by atoms with Crippen molar-refractivity contribution < 1.29 is 13.5 Å². The average molecular weight is 527 g/mol. The lowest BCUT2D eigenvalue weighted by molar-refractivity contribution is 0.244. The topological polar surface area (TPSA) is 9.23 Å². The second-order valence-electron chi connectivity index (χ2n) is 12.6. The second-order valence-corrected chi connectivity index (χ2v) is 12.6. The molecule has 0 aromatic heterocycles. The summed E-state index contributed by atoms with van der Waals surface area (Å²) in [6, 6.07) is 3.44. The molecule has 1 aromatic rings. The fraction of sp³-hybridized carbons (Fsp3) is 0.714. The summed E-state index contributed by atoms with van der Waals surface area (Å²) >= 11 is 0. The van der Waals surface area contributed by atoms with E-state index in [2.05, 4.69) is 38.2 Å². The first-order chi connectivity index (χ1) is 18.6. The summed E-state index contributed by atoms with van der Waals surface area (Å²) in [5.74, 6) is 1.93. The minimum Gasteiger partial charge on any atom is -0.490 e. The van der Waals surface area contributed by atoms with Crippen molar-refractivity contribution in [2.45, 2.75) is 122 Å². The lowest BCUT2D eigenvalue weighted by atomic mass is 9.77. The van der Waals surface area contributed by atoms with Gasteiger partial charge in [-0.1, -0.05) is 82.7 Å². The summed E-state index contributed by atoms with van der Waals surface area (Å²) in [7, 11) is 0. The maximum absolute atomic E-state index is 15.0. The van der Waals surface area contributed by atoms with Gasteiger partial charge in [-0.15, -0.1) is 0 Å². The number of unbranched alkanes of at least 4 members (excludes halogenated alkanes) is 2. The first-order valence-electron chi connectivity index (χ1n) is 16.0. The fourth-order valence-corrected chi connectivity index (χ4v) is 7.19. The van der Waals surface area contributed by atoms with Crippen LogP contribution < -0.4 is 4.74 Å². The number of benzene rings is 1. The van der Waals surface area contributed by atoms with Crippen molar-refractivity contribution in [2.24, 2.45) is 29.6 Å². The van der Waals surface area contributed by atoms with Crippen LogP contribution in [-0.4, -0.2) is 6.61 Å². The highest BCUT2D eigenvalue weighted by Gasteiger charge is 2.27. The Kier molecular flexibility index (Phi) is 11.8. The molecule has 212 valence electrons. The van der Waals surface area contributed by atoms with Crippen LogP contribution in [0.1, 0.15) is 128 Å². The van der Waals surface area contributed by atoms with Gasteiger partial charge in [0.1, 0.15) is 0 Å². The quantitative estimate of drug-likeness (QED) is 0.194. The number of halogens is 2. The van der Waals surface area contributed by atoms with Crippen LogP contribution in [0.5, 0.6) is 5.75 Å². The number of hydrogen-bond acceptors (Lipinski definition) is 1. The average Bonchev–Trinajstić information content (AvgIpc) is 2.95. The highest BCUT2D eigenvalue weighted by atomic mass is 19.2. The molecule has 2 fully saturated rings. The molecule has 0 aliphatic heterocycles. The van der Waals surface area contributed by atoms with Gasteiger partial charge >= 0.3 is 0 Å². The Morgan fingerprint density at radius 3 is 2.16 bits per heavy atom. The number of allylic oxidation sites excluding steroid dienone is 3. The third-order valence-electron chi connectivity index (χ3n) is 9.75. The normalized spacial score (nSPS) is 30.1. The maximum Gasteiger partial charge on any atom is 0.200 e. The van der Waals surface area contributed by atoms with Crippen LogP contribution in [0.3, 0.4) is 0 Å². The molecule has 1 aromatic carbocycles. The first kappa shape index (κ1) is 29.3. The van der Waals surface area contributed by atoms with Crippen LogP contribution in [0.15, 0.2) is 36.4 Å². The summed E-state index contributed by atoms with van der Waals surface area (Å²) in [4.78, 5) is 0. The molecule has 0 radical (unpaired) electrons. The molecule has 2 saturated carbocycles. The van der Waals surface area contributed by atoms with Gasteiger partial charge in [-0.3, -0.25) is 0 Å². The summed E-state index contributed by atoms with van der Waals surface area (Å²) < 4.78 is 35.8. The summed E-state index contributed by atoms with van der Waals surface area (Å²) in [5, 5.41) is 0. The molecule has 4 rings (SSSR count). The van der Waals surface area contributed by atoms with Gasteiger partial charge < -0.3 is 4.74 Å². The monoisotopic (exact) mass is 526 g/mol. The SMILES string of the molecule is CCCCCC1CCC(c2ccc(OCC3C=CC(/C=C/C4CCC(CCC)CC4)CC3)c(F)c2F)CC1. The van der Waals surface area contributed by atoms with Crippen LogP contribution in [0.4, 0.5) is 8.78 Å². The van der Waals surface area contributed by atoms with Crippen molar-refractivity contribution in [3.63, 3.8) is 0 Å². The van der Waals surface area contributed by atoms with E-state index in [0.717, 1.165) is 56.3 Å². The molecule has 3 aliphatic rings. The smallest absolute Gasteiger partial charge is 0.200 e. The van der Waals surface area contributed by atoms with Gasteiger partial charge in [-0.2, -0.15) is 4.39 Å². The van der Waals surface area contributed by atoms with Gasteiger partial charge in [0, 0.05) is 5.92 Å². The van der Waals surface area contributed by atoms with E-state index in [-0.39, 0.29) is 17.6 Å². The Morgan fingerprint density at radius 1 is 0.737 bits per heavy atom. The number of rotatable bonds is 12. The van der Waals surface area contributed by atoms with Gasteiger partial charge in [0.05, 0.1) is 6.61 Å². The molecule has 3 heteroatoms. The highest BCUT2D eigenvalue weighted by Crippen LogP contribution is 2.40. The minimum absolute atomic E-state index is 0.0635. The summed E-state index contributed by atoms with van der Waals surface area (Å²) in [5.41, 5.74) is 0.549. The Bertz CT molecular complexity index is 889. The van der Waals surface area contributed by atoms with Crippen LogP contribution in [0.25, 0.3) is 0 Å². The minimum atomic E-state index is -0.804. The van der Waals surface area contributed by atoms with E-state index in [9.17, 15) is 4.39 Å². The van der Waals surface area contributed by atoms with Crippen LogP contribution >= 0.6 is 0 Å². The van der Waals surface area contributed by atoms with Crippen molar-refractivity contribution >= 4 is 0 Å². The molecular formula is C35H52F2O. The molecule has 1 nitrogen and oxygen atoms in total. The van der Waals surface area contributed by atoms with Crippen molar-refractivity contribution in [1.82, 2.24) is 0 Å². The van der Waals surface area contributed by atoms with Crippen molar-refractivity contribution in [1.29, 1.82) is 0 Å². The zero-order chi connectivity index (χ0) is 26.7. The molecule has 0 spiro atoms. The van der Waals surface area contributed by atoms with Gasteiger partial charge in [0.2, 0.25) is 5.82 Å². The highest BCUT2D eigenvalue weighted by molar-refractivity contribution is 5.33. The Hall–Kier alpha value is -1.64. The zero-order valence-electron chi connectivity index (χ0n) is 24.1. The van der Waals surface area contributed by atoms with Crippen molar-refractivity contribution in [2.75, 3.05) is 6.61 Å². The van der Waals surface area contributed by atoms with Gasteiger partial charge in [-0.25, -0.2) is 4.39 Å². The summed E-state index contributed by atoms with van der Waals surface area (Å²) in [6.45, 7) is 4.94. The maximum atomic E-state index is 15.0. The zero-order valence-corrected chi connectivity index (χ0v) is 24.1. The van der Waals surface area contributed by atoms with Crippen LogP contribution in [-0.2, 0) is 0 Å². The predicted octanol–water partition coefficient (Wildman–Crippen LogP) is 10.9. The lowest BCUT2D eigenvalue weighted by Crippen LogP contribution is -2.17. The van der Waals surface area contributed by atoms with E-state index >= 15 is 4.39 Å². The fourth-order valence-electron chi connectivity index (χ4n) is 7.19. The predicted molar refractivity (Wildman–Crippen MR) is 156 cm³/mol. The molecule has 2 unspecified atom stereocenters. The summed E-state index contributed by atoms with van der Waals surface area (Å²) in [6.07, 6.45) is 29.0. The molecule has 38 heavy (non-hydrogen) atoms. The molecule has 0 saturated heterocycles. The van der Waals surface area contributed by atoms with Gasteiger partial charge in [0.25, 0.3) is 0 Å². The number of ether oxygens (including phenoxy) is 1. The molecule has 0 amide bonds. The van der Waals surface area contributed by atoms with Crippen molar-refractivity contribution in [3.05, 3.63) is 53.6 Å².